The lowest BCUT2D eigenvalue weighted by molar-refractivity contribution is 0.390. The van der Waals surface area contributed by atoms with Crippen molar-refractivity contribution >= 4 is 33.6 Å². The molecule has 0 aliphatic carbocycles. The molecular weight excluding hydrogens is 371 g/mol. The van der Waals surface area contributed by atoms with Crippen LogP contribution < -0.4 is 8.92 Å². The van der Waals surface area contributed by atoms with Crippen molar-refractivity contribution in [3.8, 4) is 11.5 Å². The molecule has 24 heavy (non-hydrogen) atoms. The standard InChI is InChI=1S/C16H15FO4S3/c1-20-15-9-11(16-22-7-8-23-16)5-6-14(15)21-24(18,19)13-4-2-3-12(17)10-13/h2-6,9-10,16H,7-8H2,1H3. The number of hydrogen-bond donors (Lipinski definition) is 0. The van der Waals surface area contributed by atoms with E-state index in [1.165, 1.54) is 25.3 Å². The number of halogens is 1. The number of rotatable bonds is 5. The highest BCUT2D eigenvalue weighted by atomic mass is 32.2. The summed E-state index contributed by atoms with van der Waals surface area (Å²) in [6, 6.07) is 9.88. The molecule has 0 N–H and O–H groups in total. The van der Waals surface area contributed by atoms with Gasteiger partial charge in [0.2, 0.25) is 0 Å². The minimum absolute atomic E-state index is 0.0820. The third-order valence-electron chi connectivity index (χ3n) is 3.37. The third kappa shape index (κ3) is 3.81. The van der Waals surface area contributed by atoms with Crippen LogP contribution in [-0.2, 0) is 10.1 Å². The molecule has 0 aromatic heterocycles. The molecule has 8 heteroatoms. The van der Waals surface area contributed by atoms with E-state index in [2.05, 4.69) is 0 Å². The molecule has 1 heterocycles. The van der Waals surface area contributed by atoms with Gasteiger partial charge in [-0.25, -0.2) is 4.39 Å². The summed E-state index contributed by atoms with van der Waals surface area (Å²) in [7, 11) is -2.68. The summed E-state index contributed by atoms with van der Waals surface area (Å²) in [6.07, 6.45) is 0. The lowest BCUT2D eigenvalue weighted by Crippen LogP contribution is -2.10. The summed E-state index contributed by atoms with van der Waals surface area (Å²) in [5.41, 5.74) is 1.05. The van der Waals surface area contributed by atoms with Gasteiger partial charge in [0.05, 0.1) is 11.7 Å². The molecule has 4 nitrogen and oxygen atoms in total. The molecule has 3 rings (SSSR count). The zero-order valence-corrected chi connectivity index (χ0v) is 15.2. The topological polar surface area (TPSA) is 52.6 Å². The quantitative estimate of drug-likeness (QED) is 0.722. The van der Waals surface area contributed by atoms with Gasteiger partial charge in [-0.05, 0) is 35.9 Å². The van der Waals surface area contributed by atoms with Crippen molar-refractivity contribution in [3.05, 3.63) is 53.8 Å². The number of benzene rings is 2. The predicted molar refractivity (Wildman–Crippen MR) is 94.9 cm³/mol. The molecule has 0 atom stereocenters. The minimum atomic E-state index is -4.13. The van der Waals surface area contributed by atoms with Gasteiger partial charge >= 0.3 is 10.1 Å². The Bertz CT molecular complexity index is 833. The third-order valence-corrected chi connectivity index (χ3v) is 7.70. The first-order chi connectivity index (χ1) is 11.5. The summed E-state index contributed by atoms with van der Waals surface area (Å²) in [5, 5.41) is 0. The Hall–Kier alpha value is -1.38. The number of ether oxygens (including phenoxy) is 1. The summed E-state index contributed by atoms with van der Waals surface area (Å²) in [6.45, 7) is 0. The predicted octanol–water partition coefficient (Wildman–Crippen LogP) is 4.08. The van der Waals surface area contributed by atoms with Gasteiger partial charge in [-0.2, -0.15) is 8.42 Å². The highest BCUT2D eigenvalue weighted by molar-refractivity contribution is 8.19. The number of hydrogen-bond acceptors (Lipinski definition) is 6. The second-order valence-electron chi connectivity index (χ2n) is 4.98. The summed E-state index contributed by atoms with van der Waals surface area (Å²) in [5.74, 6) is 1.95. The molecule has 0 spiro atoms. The number of thioether (sulfide) groups is 2. The molecule has 0 amide bonds. The van der Waals surface area contributed by atoms with Gasteiger partial charge in [-0.15, -0.1) is 23.5 Å². The van der Waals surface area contributed by atoms with Gasteiger partial charge < -0.3 is 8.92 Å². The largest absolute Gasteiger partial charge is 0.493 e. The molecule has 0 radical (unpaired) electrons. The van der Waals surface area contributed by atoms with Gasteiger partial charge in [0, 0.05) is 11.5 Å². The van der Waals surface area contributed by atoms with Crippen LogP contribution >= 0.6 is 23.5 Å². The van der Waals surface area contributed by atoms with Crippen molar-refractivity contribution in [1.29, 1.82) is 0 Å². The van der Waals surface area contributed by atoms with E-state index in [4.69, 9.17) is 8.92 Å². The molecular formula is C16H15FO4S3. The van der Waals surface area contributed by atoms with Crippen LogP contribution in [0.25, 0.3) is 0 Å². The maximum atomic E-state index is 13.3. The molecule has 2 aromatic rings. The van der Waals surface area contributed by atoms with Gasteiger partial charge in [-0.3, -0.25) is 0 Å². The molecule has 1 fully saturated rings. The Kier molecular flexibility index (Phi) is 5.27. The maximum Gasteiger partial charge on any atom is 0.339 e. The van der Waals surface area contributed by atoms with E-state index >= 15 is 0 Å². The lowest BCUT2D eigenvalue weighted by atomic mass is 10.2. The van der Waals surface area contributed by atoms with Crippen molar-refractivity contribution in [2.75, 3.05) is 18.6 Å². The normalized spacial score (nSPS) is 15.4. The van der Waals surface area contributed by atoms with Crippen LogP contribution in [0.1, 0.15) is 10.1 Å². The summed E-state index contributed by atoms with van der Waals surface area (Å²) >= 11 is 3.68. The van der Waals surface area contributed by atoms with E-state index in [-0.39, 0.29) is 10.6 Å². The lowest BCUT2D eigenvalue weighted by Gasteiger charge is -2.14. The number of methoxy groups -OCH3 is 1. The first kappa shape index (κ1) is 17.4. The summed E-state index contributed by atoms with van der Waals surface area (Å²) < 4.78 is 48.6. The Morgan fingerprint density at radius 3 is 2.50 bits per heavy atom. The van der Waals surface area contributed by atoms with Gasteiger partial charge in [-0.1, -0.05) is 12.1 Å². The Labute approximate surface area is 148 Å². The minimum Gasteiger partial charge on any atom is -0.493 e. The zero-order valence-electron chi connectivity index (χ0n) is 12.8. The molecule has 1 saturated heterocycles. The van der Waals surface area contributed by atoms with Gasteiger partial charge in [0.1, 0.15) is 10.7 Å². The molecule has 1 aliphatic heterocycles. The average Bonchev–Trinajstić information content (AvgIpc) is 3.09. The molecule has 1 aliphatic rings. The van der Waals surface area contributed by atoms with E-state index in [1.54, 1.807) is 12.1 Å². The van der Waals surface area contributed by atoms with Crippen molar-refractivity contribution in [2.24, 2.45) is 0 Å². The van der Waals surface area contributed by atoms with Crippen molar-refractivity contribution < 1.29 is 21.7 Å². The highest BCUT2D eigenvalue weighted by Crippen LogP contribution is 2.47. The van der Waals surface area contributed by atoms with Crippen LogP contribution in [-0.4, -0.2) is 27.0 Å². The van der Waals surface area contributed by atoms with Gasteiger partial charge in [0.15, 0.2) is 11.5 Å². The maximum absolute atomic E-state index is 13.3. The van der Waals surface area contributed by atoms with Crippen LogP contribution in [0.5, 0.6) is 11.5 Å². The SMILES string of the molecule is COc1cc(C2SCCS2)ccc1OS(=O)(=O)c1cccc(F)c1. The fourth-order valence-corrected chi connectivity index (χ4v) is 6.05. The van der Waals surface area contributed by atoms with E-state index in [0.29, 0.717) is 10.3 Å². The molecule has 0 bridgehead atoms. The van der Waals surface area contributed by atoms with Crippen LogP contribution in [0.2, 0.25) is 0 Å². The second-order valence-corrected chi connectivity index (χ2v) is 9.25. The molecule has 0 unspecified atom stereocenters. The average molecular weight is 386 g/mol. The van der Waals surface area contributed by atoms with Crippen molar-refractivity contribution in [2.45, 2.75) is 9.48 Å². The van der Waals surface area contributed by atoms with Crippen LogP contribution in [0.15, 0.2) is 47.4 Å². The first-order valence-electron chi connectivity index (χ1n) is 7.11. The van der Waals surface area contributed by atoms with E-state index in [9.17, 15) is 12.8 Å². The zero-order chi connectivity index (χ0) is 17.2. The molecule has 2 aromatic carbocycles. The Balaban J connectivity index is 1.89. The molecule has 0 saturated carbocycles. The van der Waals surface area contributed by atoms with Crippen LogP contribution in [0.3, 0.4) is 0 Å². The van der Waals surface area contributed by atoms with E-state index < -0.39 is 15.9 Å². The monoisotopic (exact) mass is 386 g/mol. The van der Waals surface area contributed by atoms with E-state index in [0.717, 1.165) is 23.1 Å². The smallest absolute Gasteiger partial charge is 0.339 e. The fraction of sp³-hybridized carbons (Fsp3) is 0.250. The van der Waals surface area contributed by atoms with Crippen molar-refractivity contribution in [3.63, 3.8) is 0 Å². The molecule has 128 valence electrons. The van der Waals surface area contributed by atoms with E-state index in [1.807, 2.05) is 29.6 Å². The van der Waals surface area contributed by atoms with Crippen LogP contribution in [0.4, 0.5) is 4.39 Å². The van der Waals surface area contributed by atoms with Crippen LogP contribution in [0, 0.1) is 5.82 Å². The van der Waals surface area contributed by atoms with Gasteiger partial charge in [0.25, 0.3) is 0 Å². The highest BCUT2D eigenvalue weighted by Gasteiger charge is 2.23. The first-order valence-corrected chi connectivity index (χ1v) is 10.6. The second kappa shape index (κ2) is 7.25. The summed E-state index contributed by atoms with van der Waals surface area (Å²) in [4.78, 5) is -0.240. The fourth-order valence-electron chi connectivity index (χ4n) is 2.24. The Morgan fingerprint density at radius 2 is 1.83 bits per heavy atom. The van der Waals surface area contributed by atoms with Crippen molar-refractivity contribution in [1.82, 2.24) is 0 Å². The Morgan fingerprint density at radius 1 is 1.08 bits per heavy atom.